The van der Waals surface area contributed by atoms with Gasteiger partial charge in [-0.2, -0.15) is 13.2 Å². The Morgan fingerprint density at radius 1 is 1.29 bits per heavy atom. The summed E-state index contributed by atoms with van der Waals surface area (Å²) in [5.41, 5.74) is -0.887. The first kappa shape index (κ1) is 17.5. The second-order valence-electron chi connectivity index (χ2n) is 4.93. The Morgan fingerprint density at radius 2 is 1.86 bits per heavy atom. The second-order valence-corrected chi connectivity index (χ2v) is 4.93. The Balaban J connectivity index is 2.88. The van der Waals surface area contributed by atoms with Crippen LogP contribution in [0.4, 0.5) is 13.2 Å². The maximum Gasteiger partial charge on any atom is 0.401 e. The third kappa shape index (κ3) is 4.71. The van der Waals surface area contributed by atoms with E-state index in [1.54, 1.807) is 30.3 Å². The van der Waals surface area contributed by atoms with Crippen molar-refractivity contribution < 1.29 is 23.1 Å². The van der Waals surface area contributed by atoms with Crippen molar-refractivity contribution in [3.05, 3.63) is 35.9 Å². The number of alkyl halides is 3. The van der Waals surface area contributed by atoms with Gasteiger partial charge in [0.1, 0.15) is 5.54 Å². The molecule has 1 aromatic carbocycles. The van der Waals surface area contributed by atoms with Crippen molar-refractivity contribution in [3.8, 4) is 0 Å². The van der Waals surface area contributed by atoms with Gasteiger partial charge in [0.2, 0.25) is 0 Å². The summed E-state index contributed by atoms with van der Waals surface area (Å²) in [6.07, 6.45) is -4.28. The van der Waals surface area contributed by atoms with Crippen LogP contribution in [0.1, 0.15) is 12.0 Å². The molecule has 0 fully saturated rings. The number of carboxylic acid groups (broad SMARTS) is 1. The first-order valence-electron chi connectivity index (χ1n) is 6.44. The van der Waals surface area contributed by atoms with Gasteiger partial charge in [0, 0.05) is 6.54 Å². The van der Waals surface area contributed by atoms with Crippen LogP contribution in [-0.4, -0.2) is 49.3 Å². The number of carbonyl (C=O) groups is 1. The molecule has 0 spiro atoms. The van der Waals surface area contributed by atoms with Crippen molar-refractivity contribution in [2.24, 2.45) is 0 Å². The van der Waals surface area contributed by atoms with Crippen molar-refractivity contribution >= 4 is 5.97 Å². The van der Waals surface area contributed by atoms with Crippen LogP contribution >= 0.6 is 0 Å². The normalized spacial score (nSPS) is 15.0. The van der Waals surface area contributed by atoms with Crippen LogP contribution in [-0.2, 0) is 10.3 Å². The SMILES string of the molecule is CNC(CCN(C)CC(F)(F)F)(C(=O)O)c1ccccc1. The highest BCUT2D eigenvalue weighted by molar-refractivity contribution is 5.80. The molecule has 21 heavy (non-hydrogen) atoms. The van der Waals surface area contributed by atoms with E-state index < -0.39 is 24.2 Å². The lowest BCUT2D eigenvalue weighted by Gasteiger charge is -2.31. The van der Waals surface area contributed by atoms with Gasteiger partial charge < -0.3 is 10.4 Å². The lowest BCUT2D eigenvalue weighted by atomic mass is 9.86. The minimum Gasteiger partial charge on any atom is -0.480 e. The van der Waals surface area contributed by atoms with Crippen LogP contribution in [0.2, 0.25) is 0 Å². The molecule has 1 aromatic rings. The molecule has 1 rings (SSSR count). The summed E-state index contributed by atoms with van der Waals surface area (Å²) < 4.78 is 36.9. The van der Waals surface area contributed by atoms with Crippen molar-refractivity contribution in [2.45, 2.75) is 18.1 Å². The highest BCUT2D eigenvalue weighted by Gasteiger charge is 2.39. The zero-order valence-corrected chi connectivity index (χ0v) is 11.9. The average Bonchev–Trinajstić information content (AvgIpc) is 2.39. The van der Waals surface area contributed by atoms with Crippen LogP contribution in [0, 0.1) is 0 Å². The predicted octanol–water partition coefficient (Wildman–Crippen LogP) is 2.07. The summed E-state index contributed by atoms with van der Waals surface area (Å²) in [6.45, 7) is -1.07. The van der Waals surface area contributed by atoms with E-state index >= 15 is 0 Å². The summed E-state index contributed by atoms with van der Waals surface area (Å²) in [7, 11) is 2.81. The molecule has 4 nitrogen and oxygen atoms in total. The zero-order chi connectivity index (χ0) is 16.1. The number of halogens is 3. The molecule has 2 N–H and O–H groups in total. The number of hydrogen-bond acceptors (Lipinski definition) is 3. The van der Waals surface area contributed by atoms with Crippen LogP contribution in [0.3, 0.4) is 0 Å². The van der Waals surface area contributed by atoms with Gasteiger partial charge in [0.25, 0.3) is 0 Å². The Kier molecular flexibility index (Phi) is 5.74. The predicted molar refractivity (Wildman–Crippen MR) is 73.0 cm³/mol. The summed E-state index contributed by atoms with van der Waals surface area (Å²) in [5.74, 6) is -1.11. The third-order valence-electron chi connectivity index (χ3n) is 3.38. The smallest absolute Gasteiger partial charge is 0.401 e. The molecule has 0 aliphatic heterocycles. The average molecular weight is 304 g/mol. The topological polar surface area (TPSA) is 52.6 Å². The molecule has 0 radical (unpaired) electrons. The largest absolute Gasteiger partial charge is 0.480 e. The van der Waals surface area contributed by atoms with Gasteiger partial charge in [-0.15, -0.1) is 0 Å². The van der Waals surface area contributed by atoms with E-state index in [1.807, 2.05) is 0 Å². The first-order valence-corrected chi connectivity index (χ1v) is 6.44. The molecule has 0 heterocycles. The Morgan fingerprint density at radius 3 is 2.29 bits per heavy atom. The van der Waals surface area contributed by atoms with Crippen LogP contribution < -0.4 is 5.32 Å². The number of nitrogens with one attached hydrogen (secondary N) is 1. The molecular weight excluding hydrogens is 285 g/mol. The number of aliphatic carboxylic acids is 1. The number of nitrogens with zero attached hydrogens (tertiary/aromatic N) is 1. The van der Waals surface area contributed by atoms with Crippen molar-refractivity contribution in [3.63, 3.8) is 0 Å². The molecular formula is C14H19F3N2O2. The minimum absolute atomic E-state index is 0.00153. The van der Waals surface area contributed by atoms with Gasteiger partial charge in [-0.3, -0.25) is 4.90 Å². The fraction of sp³-hybridized carbons (Fsp3) is 0.500. The monoisotopic (exact) mass is 304 g/mol. The van der Waals surface area contributed by atoms with Crippen molar-refractivity contribution in [1.82, 2.24) is 10.2 Å². The standard InChI is InChI=1S/C14H19F3N2O2/c1-18-13(12(20)21,11-6-4-3-5-7-11)8-9-19(2)10-14(15,16)17/h3-7,18H,8-10H2,1-2H3,(H,20,21). The first-order chi connectivity index (χ1) is 9.71. The molecule has 0 saturated heterocycles. The Labute approximate surface area is 121 Å². The van der Waals surface area contributed by atoms with Crippen molar-refractivity contribution in [1.29, 1.82) is 0 Å². The highest BCUT2D eigenvalue weighted by Crippen LogP contribution is 2.26. The van der Waals surface area contributed by atoms with E-state index in [-0.39, 0.29) is 13.0 Å². The maximum absolute atomic E-state index is 12.3. The minimum atomic E-state index is -4.30. The summed E-state index contributed by atoms with van der Waals surface area (Å²) >= 11 is 0. The highest BCUT2D eigenvalue weighted by atomic mass is 19.4. The molecule has 0 aromatic heterocycles. The van der Waals surface area contributed by atoms with E-state index in [1.165, 1.54) is 14.1 Å². The van der Waals surface area contributed by atoms with Crippen LogP contribution in [0.25, 0.3) is 0 Å². The fourth-order valence-corrected chi connectivity index (χ4v) is 2.22. The molecule has 0 bridgehead atoms. The number of hydrogen-bond donors (Lipinski definition) is 2. The van der Waals surface area contributed by atoms with Gasteiger partial charge in [-0.1, -0.05) is 30.3 Å². The van der Waals surface area contributed by atoms with Gasteiger partial charge in [-0.05, 0) is 26.1 Å². The van der Waals surface area contributed by atoms with Gasteiger partial charge in [0.05, 0.1) is 6.54 Å². The molecule has 0 saturated carbocycles. The Hall–Kier alpha value is -1.60. The number of likely N-dealkylation sites (N-methyl/N-ethyl adjacent to an activating group) is 1. The van der Waals surface area contributed by atoms with Gasteiger partial charge in [0.15, 0.2) is 0 Å². The summed E-state index contributed by atoms with van der Waals surface area (Å²) in [5, 5.41) is 12.3. The molecule has 0 aliphatic carbocycles. The van der Waals surface area contributed by atoms with Gasteiger partial charge >= 0.3 is 12.1 Å². The number of carboxylic acids is 1. The van der Waals surface area contributed by atoms with Crippen molar-refractivity contribution in [2.75, 3.05) is 27.2 Å². The zero-order valence-electron chi connectivity index (χ0n) is 11.9. The van der Waals surface area contributed by atoms with E-state index in [0.29, 0.717) is 5.56 Å². The number of rotatable bonds is 7. The third-order valence-corrected chi connectivity index (χ3v) is 3.38. The molecule has 7 heteroatoms. The summed E-state index contributed by atoms with van der Waals surface area (Å²) in [4.78, 5) is 12.7. The lowest BCUT2D eigenvalue weighted by molar-refractivity contribution is -0.148. The fourth-order valence-electron chi connectivity index (χ4n) is 2.22. The quantitative estimate of drug-likeness (QED) is 0.810. The number of benzene rings is 1. The van der Waals surface area contributed by atoms with E-state index in [0.717, 1.165) is 4.90 Å². The maximum atomic E-state index is 12.3. The Bertz CT molecular complexity index is 465. The van der Waals surface area contributed by atoms with Crippen LogP contribution in [0.15, 0.2) is 30.3 Å². The molecule has 1 unspecified atom stereocenters. The van der Waals surface area contributed by atoms with Gasteiger partial charge in [-0.25, -0.2) is 4.79 Å². The summed E-state index contributed by atoms with van der Waals surface area (Å²) in [6, 6.07) is 8.44. The van der Waals surface area contributed by atoms with Crippen LogP contribution in [0.5, 0.6) is 0 Å². The van der Waals surface area contributed by atoms with E-state index in [9.17, 15) is 23.1 Å². The molecule has 0 amide bonds. The van der Waals surface area contributed by atoms with E-state index in [4.69, 9.17) is 0 Å². The lowest BCUT2D eigenvalue weighted by Crippen LogP contribution is -2.49. The molecule has 0 aliphatic rings. The molecule has 118 valence electrons. The second kappa shape index (κ2) is 6.91. The van der Waals surface area contributed by atoms with E-state index in [2.05, 4.69) is 5.32 Å². The molecule has 1 atom stereocenters.